The van der Waals surface area contributed by atoms with Gasteiger partial charge >= 0.3 is 0 Å². The van der Waals surface area contributed by atoms with E-state index < -0.39 is 10.0 Å². The summed E-state index contributed by atoms with van der Waals surface area (Å²) in [5.74, 6) is 0.656. The number of piperidine rings is 1. The standard InChI is InChI=1S/C17H30N4O3S2/c1-17(2,24-4)13-20-16(18-3)19-12-14-8-9-15(25-14)26(22,23)21-10-6-5-7-11-21/h8-9H,5-7,10-13H2,1-4H3,(H2,18,19,20). The van der Waals surface area contributed by atoms with Crippen LogP contribution in [0.4, 0.5) is 0 Å². The minimum atomic E-state index is -3.36. The van der Waals surface area contributed by atoms with E-state index in [1.807, 2.05) is 19.9 Å². The smallest absolute Gasteiger partial charge is 0.252 e. The van der Waals surface area contributed by atoms with E-state index in [1.165, 1.54) is 11.3 Å². The molecule has 2 N–H and O–H groups in total. The Bertz CT molecular complexity index is 707. The minimum absolute atomic E-state index is 0.295. The summed E-state index contributed by atoms with van der Waals surface area (Å²) in [6.45, 7) is 6.36. The maximum atomic E-state index is 12.7. The summed E-state index contributed by atoms with van der Waals surface area (Å²) in [5.41, 5.74) is -0.295. The van der Waals surface area contributed by atoms with E-state index in [0.29, 0.717) is 36.3 Å². The SMILES string of the molecule is CN=C(NCc1ccc(S(=O)(=O)N2CCCCC2)s1)NCC(C)(C)OC. The molecule has 0 bridgehead atoms. The monoisotopic (exact) mass is 402 g/mol. The van der Waals surface area contributed by atoms with Crippen molar-refractivity contribution in [1.29, 1.82) is 0 Å². The highest BCUT2D eigenvalue weighted by atomic mass is 32.2. The maximum Gasteiger partial charge on any atom is 0.252 e. The van der Waals surface area contributed by atoms with Gasteiger partial charge < -0.3 is 15.4 Å². The first-order chi connectivity index (χ1) is 12.3. The molecule has 1 saturated heterocycles. The van der Waals surface area contributed by atoms with Crippen molar-refractivity contribution in [3.05, 3.63) is 17.0 Å². The predicted octanol–water partition coefficient (Wildman–Crippen LogP) is 2.01. The van der Waals surface area contributed by atoms with Gasteiger partial charge in [-0.1, -0.05) is 6.42 Å². The number of methoxy groups -OCH3 is 1. The van der Waals surface area contributed by atoms with Crippen molar-refractivity contribution in [2.45, 2.75) is 49.5 Å². The van der Waals surface area contributed by atoms with Crippen LogP contribution in [0.5, 0.6) is 0 Å². The van der Waals surface area contributed by atoms with E-state index in [9.17, 15) is 8.42 Å². The Morgan fingerprint density at radius 2 is 1.96 bits per heavy atom. The van der Waals surface area contributed by atoms with Gasteiger partial charge in [-0.25, -0.2) is 8.42 Å². The van der Waals surface area contributed by atoms with Crippen LogP contribution < -0.4 is 10.6 Å². The zero-order valence-electron chi connectivity index (χ0n) is 16.0. The summed E-state index contributed by atoms with van der Waals surface area (Å²) in [6, 6.07) is 3.57. The molecule has 0 amide bonds. The molecule has 0 aromatic carbocycles. The number of nitrogens with one attached hydrogen (secondary N) is 2. The largest absolute Gasteiger partial charge is 0.377 e. The molecule has 0 unspecified atom stereocenters. The number of guanidine groups is 1. The molecule has 1 aromatic rings. The Morgan fingerprint density at radius 1 is 1.27 bits per heavy atom. The number of rotatable bonds is 7. The molecular weight excluding hydrogens is 372 g/mol. The van der Waals surface area contributed by atoms with Crippen LogP contribution in [0.3, 0.4) is 0 Å². The lowest BCUT2D eigenvalue weighted by molar-refractivity contribution is 0.0268. The Kier molecular flexibility index (Phi) is 7.45. The Morgan fingerprint density at radius 3 is 2.58 bits per heavy atom. The second kappa shape index (κ2) is 9.16. The molecule has 26 heavy (non-hydrogen) atoms. The van der Waals surface area contributed by atoms with Crippen LogP contribution in [-0.2, 0) is 21.3 Å². The second-order valence-electron chi connectivity index (χ2n) is 6.93. The topological polar surface area (TPSA) is 83.0 Å². The average Bonchev–Trinajstić information content (AvgIpc) is 3.12. The van der Waals surface area contributed by atoms with E-state index in [-0.39, 0.29) is 5.60 Å². The lowest BCUT2D eigenvalue weighted by Gasteiger charge is -2.25. The van der Waals surface area contributed by atoms with Gasteiger partial charge in [-0.05, 0) is 38.8 Å². The zero-order chi connectivity index (χ0) is 19.2. The Hall–Kier alpha value is -1.16. The highest BCUT2D eigenvalue weighted by Crippen LogP contribution is 2.27. The molecule has 1 aromatic heterocycles. The third-order valence-electron chi connectivity index (χ3n) is 4.43. The summed E-state index contributed by atoms with van der Waals surface area (Å²) in [4.78, 5) is 5.14. The number of aliphatic imine (C=N–C) groups is 1. The van der Waals surface area contributed by atoms with Gasteiger partial charge in [0.2, 0.25) is 0 Å². The first-order valence-electron chi connectivity index (χ1n) is 8.87. The van der Waals surface area contributed by atoms with Crippen molar-refractivity contribution < 1.29 is 13.2 Å². The Balaban J connectivity index is 1.93. The summed E-state index contributed by atoms with van der Waals surface area (Å²) in [5, 5.41) is 6.42. The lowest BCUT2D eigenvalue weighted by atomic mass is 10.1. The number of hydrogen-bond acceptors (Lipinski definition) is 5. The third-order valence-corrected chi connectivity index (χ3v) is 7.89. The van der Waals surface area contributed by atoms with Gasteiger partial charge in [0.15, 0.2) is 5.96 Å². The molecule has 1 aliphatic heterocycles. The van der Waals surface area contributed by atoms with Crippen LogP contribution in [0.25, 0.3) is 0 Å². The zero-order valence-corrected chi connectivity index (χ0v) is 17.7. The molecule has 2 rings (SSSR count). The molecule has 2 heterocycles. The number of sulfonamides is 1. The molecule has 0 spiro atoms. The minimum Gasteiger partial charge on any atom is -0.377 e. The summed E-state index contributed by atoms with van der Waals surface area (Å²) in [6.07, 6.45) is 3.00. The van der Waals surface area contributed by atoms with Gasteiger partial charge in [-0.2, -0.15) is 4.31 Å². The van der Waals surface area contributed by atoms with Gasteiger partial charge in [0, 0.05) is 38.7 Å². The van der Waals surface area contributed by atoms with Crippen molar-refractivity contribution in [3.8, 4) is 0 Å². The van der Waals surface area contributed by atoms with Crippen LogP contribution in [0, 0.1) is 0 Å². The molecule has 1 fully saturated rings. The van der Waals surface area contributed by atoms with E-state index in [4.69, 9.17) is 4.74 Å². The predicted molar refractivity (Wildman–Crippen MR) is 106 cm³/mol. The average molecular weight is 403 g/mol. The van der Waals surface area contributed by atoms with Gasteiger partial charge in [-0.3, -0.25) is 4.99 Å². The molecule has 0 saturated carbocycles. The number of thiophene rings is 1. The van der Waals surface area contributed by atoms with Crippen LogP contribution in [0.2, 0.25) is 0 Å². The van der Waals surface area contributed by atoms with E-state index in [0.717, 1.165) is 24.1 Å². The van der Waals surface area contributed by atoms with Crippen LogP contribution in [-0.4, -0.2) is 58.1 Å². The van der Waals surface area contributed by atoms with E-state index in [1.54, 1.807) is 24.5 Å². The quantitative estimate of drug-likeness (QED) is 0.538. The van der Waals surface area contributed by atoms with Crippen molar-refractivity contribution >= 4 is 27.3 Å². The summed E-state index contributed by atoms with van der Waals surface area (Å²) >= 11 is 1.31. The van der Waals surface area contributed by atoms with Crippen LogP contribution in [0.1, 0.15) is 38.0 Å². The summed E-state index contributed by atoms with van der Waals surface area (Å²) in [7, 11) is 0.0220. The maximum absolute atomic E-state index is 12.7. The van der Waals surface area contributed by atoms with Crippen molar-refractivity contribution in [1.82, 2.24) is 14.9 Å². The van der Waals surface area contributed by atoms with Gasteiger partial charge in [0.05, 0.1) is 12.1 Å². The van der Waals surface area contributed by atoms with Crippen LogP contribution >= 0.6 is 11.3 Å². The number of nitrogens with zero attached hydrogens (tertiary/aromatic N) is 2. The molecule has 9 heteroatoms. The molecule has 1 aliphatic rings. The summed E-state index contributed by atoms with van der Waals surface area (Å²) < 4.78 is 32.8. The number of hydrogen-bond donors (Lipinski definition) is 2. The lowest BCUT2D eigenvalue weighted by Crippen LogP contribution is -2.45. The molecule has 7 nitrogen and oxygen atoms in total. The fraction of sp³-hybridized carbons (Fsp3) is 0.706. The number of ether oxygens (including phenoxy) is 1. The highest BCUT2D eigenvalue weighted by molar-refractivity contribution is 7.91. The fourth-order valence-electron chi connectivity index (χ4n) is 2.58. The third kappa shape index (κ3) is 5.67. The molecule has 0 aliphatic carbocycles. The molecule has 0 atom stereocenters. The van der Waals surface area contributed by atoms with Gasteiger partial charge in [-0.15, -0.1) is 11.3 Å². The molecular formula is C17H30N4O3S2. The highest BCUT2D eigenvalue weighted by Gasteiger charge is 2.27. The van der Waals surface area contributed by atoms with Gasteiger partial charge in [0.1, 0.15) is 4.21 Å². The second-order valence-corrected chi connectivity index (χ2v) is 10.3. The fourth-order valence-corrected chi connectivity index (χ4v) is 5.55. The van der Waals surface area contributed by atoms with E-state index in [2.05, 4.69) is 15.6 Å². The van der Waals surface area contributed by atoms with E-state index >= 15 is 0 Å². The van der Waals surface area contributed by atoms with Crippen molar-refractivity contribution in [3.63, 3.8) is 0 Å². The van der Waals surface area contributed by atoms with Crippen molar-refractivity contribution in [2.75, 3.05) is 33.8 Å². The normalized spacial score (nSPS) is 17.3. The molecule has 148 valence electrons. The van der Waals surface area contributed by atoms with Gasteiger partial charge in [0.25, 0.3) is 10.0 Å². The van der Waals surface area contributed by atoms with Crippen molar-refractivity contribution in [2.24, 2.45) is 4.99 Å². The Labute approximate surface area is 160 Å². The molecule has 0 radical (unpaired) electrons. The first kappa shape index (κ1) is 21.1. The first-order valence-corrected chi connectivity index (χ1v) is 11.1. The van der Waals surface area contributed by atoms with Crippen LogP contribution in [0.15, 0.2) is 21.3 Å².